The lowest BCUT2D eigenvalue weighted by molar-refractivity contribution is -0.219. The molecule has 0 amide bonds. The summed E-state index contributed by atoms with van der Waals surface area (Å²) in [6, 6.07) is 0. The molecule has 1 spiro atoms. The molecule has 1 saturated heterocycles. The first-order valence-corrected chi connectivity index (χ1v) is 4.36. The Morgan fingerprint density at radius 1 is 1.40 bits per heavy atom. The lowest BCUT2D eigenvalue weighted by Gasteiger charge is -2.54. The fourth-order valence-electron chi connectivity index (χ4n) is 2.08. The van der Waals surface area contributed by atoms with Crippen LogP contribution in [0.25, 0.3) is 0 Å². The zero-order valence-corrected chi connectivity index (χ0v) is 6.89. The van der Waals surface area contributed by atoms with E-state index in [4.69, 9.17) is 4.74 Å². The monoisotopic (exact) mass is 140 g/mol. The average molecular weight is 140 g/mol. The van der Waals surface area contributed by atoms with E-state index in [1.165, 1.54) is 19.3 Å². The topological polar surface area (TPSA) is 9.23 Å². The normalized spacial score (nSPS) is 45.3. The second-order valence-electron chi connectivity index (χ2n) is 4.19. The van der Waals surface area contributed by atoms with Crippen LogP contribution in [-0.2, 0) is 4.74 Å². The Bertz CT molecular complexity index is 128. The van der Waals surface area contributed by atoms with E-state index in [0.29, 0.717) is 5.60 Å². The third-order valence-corrected chi connectivity index (χ3v) is 3.18. The first-order valence-electron chi connectivity index (χ1n) is 4.36. The predicted molar refractivity (Wildman–Crippen MR) is 40.9 cm³/mol. The molecule has 2 fully saturated rings. The highest BCUT2D eigenvalue weighted by Gasteiger charge is 2.50. The first-order chi connectivity index (χ1) is 4.72. The van der Waals surface area contributed by atoms with E-state index in [1.807, 2.05) is 0 Å². The van der Waals surface area contributed by atoms with Crippen LogP contribution < -0.4 is 0 Å². The molecule has 1 heteroatoms. The van der Waals surface area contributed by atoms with Crippen LogP contribution in [0.4, 0.5) is 0 Å². The largest absolute Gasteiger partial charge is 0.375 e. The van der Waals surface area contributed by atoms with Crippen LogP contribution in [0.15, 0.2) is 0 Å². The van der Waals surface area contributed by atoms with Crippen LogP contribution in [0.1, 0.15) is 33.1 Å². The molecule has 1 nitrogen and oxygen atoms in total. The Morgan fingerprint density at radius 2 is 2.00 bits per heavy atom. The molecule has 0 bridgehead atoms. The van der Waals surface area contributed by atoms with Crippen LogP contribution in [0.3, 0.4) is 0 Å². The van der Waals surface area contributed by atoms with Gasteiger partial charge in [0, 0.05) is 0 Å². The van der Waals surface area contributed by atoms with E-state index in [0.717, 1.165) is 18.4 Å². The van der Waals surface area contributed by atoms with Gasteiger partial charge in [0.2, 0.25) is 0 Å². The van der Waals surface area contributed by atoms with Gasteiger partial charge in [0.1, 0.15) is 0 Å². The van der Waals surface area contributed by atoms with Gasteiger partial charge >= 0.3 is 0 Å². The molecule has 0 aromatic carbocycles. The van der Waals surface area contributed by atoms with Crippen molar-refractivity contribution in [3.8, 4) is 0 Å². The van der Waals surface area contributed by atoms with Gasteiger partial charge in [0.25, 0.3) is 0 Å². The number of hydrogen-bond acceptors (Lipinski definition) is 1. The molecule has 0 unspecified atom stereocenters. The molecule has 0 aromatic heterocycles. The van der Waals surface area contributed by atoms with Crippen molar-refractivity contribution in [2.24, 2.45) is 11.8 Å². The van der Waals surface area contributed by atoms with Crippen molar-refractivity contribution < 1.29 is 4.74 Å². The summed E-state index contributed by atoms with van der Waals surface area (Å²) >= 11 is 0. The third kappa shape index (κ3) is 0.800. The molecule has 0 atom stereocenters. The molecule has 0 radical (unpaired) electrons. The van der Waals surface area contributed by atoms with Crippen LogP contribution in [0.5, 0.6) is 0 Å². The van der Waals surface area contributed by atoms with Crippen molar-refractivity contribution in [3.63, 3.8) is 0 Å². The summed E-state index contributed by atoms with van der Waals surface area (Å²) in [5.74, 6) is 1.83. The van der Waals surface area contributed by atoms with Crippen molar-refractivity contribution in [1.29, 1.82) is 0 Å². The van der Waals surface area contributed by atoms with Gasteiger partial charge in [-0.05, 0) is 31.1 Å². The van der Waals surface area contributed by atoms with Gasteiger partial charge in [0.15, 0.2) is 0 Å². The number of rotatable bonds is 1. The third-order valence-electron chi connectivity index (χ3n) is 3.18. The minimum absolute atomic E-state index is 0.398. The Hall–Kier alpha value is -0.0400. The highest BCUT2D eigenvalue weighted by Crippen LogP contribution is 2.50. The summed E-state index contributed by atoms with van der Waals surface area (Å²) in [4.78, 5) is 0. The van der Waals surface area contributed by atoms with E-state index in [-0.39, 0.29) is 0 Å². The Morgan fingerprint density at radius 3 is 2.30 bits per heavy atom. The lowest BCUT2D eigenvalue weighted by Crippen LogP contribution is -2.55. The van der Waals surface area contributed by atoms with Gasteiger partial charge in [-0.15, -0.1) is 0 Å². The second-order valence-corrected chi connectivity index (χ2v) is 4.19. The van der Waals surface area contributed by atoms with Crippen molar-refractivity contribution >= 4 is 0 Å². The van der Waals surface area contributed by atoms with Crippen LogP contribution in [0, 0.1) is 11.8 Å². The molecular formula is C9H16O. The fraction of sp³-hybridized carbons (Fsp3) is 1.00. The number of ether oxygens (including phenoxy) is 1. The maximum atomic E-state index is 5.53. The lowest BCUT2D eigenvalue weighted by atomic mass is 9.63. The smallest absolute Gasteiger partial charge is 0.0710 e. The molecule has 10 heavy (non-hydrogen) atoms. The van der Waals surface area contributed by atoms with Crippen molar-refractivity contribution in [1.82, 2.24) is 0 Å². The molecule has 0 N–H and O–H groups in total. The fourth-order valence-corrected chi connectivity index (χ4v) is 2.08. The van der Waals surface area contributed by atoms with E-state index in [9.17, 15) is 0 Å². The Kier molecular flexibility index (Phi) is 1.31. The van der Waals surface area contributed by atoms with Gasteiger partial charge < -0.3 is 4.74 Å². The highest BCUT2D eigenvalue weighted by atomic mass is 16.5. The van der Waals surface area contributed by atoms with Gasteiger partial charge in [-0.1, -0.05) is 13.8 Å². The summed E-state index contributed by atoms with van der Waals surface area (Å²) in [6.07, 6.45) is 4.01. The first kappa shape index (κ1) is 6.66. The molecule has 2 rings (SSSR count). The number of hydrogen-bond donors (Lipinski definition) is 0. The highest BCUT2D eigenvalue weighted by molar-refractivity contribution is 5.00. The molecule has 1 aliphatic carbocycles. The summed E-state index contributed by atoms with van der Waals surface area (Å²) < 4.78 is 5.53. The van der Waals surface area contributed by atoms with E-state index < -0.39 is 0 Å². The Labute approximate surface area is 62.8 Å². The van der Waals surface area contributed by atoms with Crippen LogP contribution >= 0.6 is 0 Å². The summed E-state index contributed by atoms with van der Waals surface area (Å²) in [5.41, 5.74) is 0.398. The zero-order chi connectivity index (χ0) is 7.19. The zero-order valence-electron chi connectivity index (χ0n) is 6.89. The average Bonchev–Trinajstić information content (AvgIpc) is 1.54. The van der Waals surface area contributed by atoms with Crippen molar-refractivity contribution in [3.05, 3.63) is 0 Å². The molecule has 2 aliphatic rings. The summed E-state index contributed by atoms with van der Waals surface area (Å²) in [7, 11) is 0. The van der Waals surface area contributed by atoms with E-state index in [1.54, 1.807) is 0 Å². The maximum absolute atomic E-state index is 5.53. The van der Waals surface area contributed by atoms with Gasteiger partial charge in [-0.25, -0.2) is 0 Å². The summed E-state index contributed by atoms with van der Waals surface area (Å²) in [5, 5.41) is 0. The predicted octanol–water partition coefficient (Wildman–Crippen LogP) is 2.21. The quantitative estimate of drug-likeness (QED) is 0.542. The molecule has 1 aliphatic heterocycles. The maximum Gasteiger partial charge on any atom is 0.0710 e. The van der Waals surface area contributed by atoms with Gasteiger partial charge in [-0.3, -0.25) is 0 Å². The SMILES string of the molecule is CC(C)C1CC2(CCO2)C1. The molecule has 1 heterocycles. The van der Waals surface area contributed by atoms with Crippen molar-refractivity contribution in [2.45, 2.75) is 38.7 Å². The van der Waals surface area contributed by atoms with Crippen LogP contribution in [0.2, 0.25) is 0 Å². The van der Waals surface area contributed by atoms with E-state index >= 15 is 0 Å². The second kappa shape index (κ2) is 1.97. The minimum Gasteiger partial charge on any atom is -0.375 e. The van der Waals surface area contributed by atoms with Gasteiger partial charge in [0.05, 0.1) is 12.2 Å². The van der Waals surface area contributed by atoms with Gasteiger partial charge in [-0.2, -0.15) is 0 Å². The minimum atomic E-state index is 0.398. The summed E-state index contributed by atoms with van der Waals surface area (Å²) in [6.45, 7) is 5.65. The molecule has 0 aromatic rings. The molecule has 1 saturated carbocycles. The van der Waals surface area contributed by atoms with Crippen LogP contribution in [-0.4, -0.2) is 12.2 Å². The standard InChI is InChI=1S/C9H16O/c1-7(2)8-5-9(6-8)3-4-10-9/h7-8H,3-6H2,1-2H3. The molecular weight excluding hydrogens is 124 g/mol. The van der Waals surface area contributed by atoms with Crippen molar-refractivity contribution in [2.75, 3.05) is 6.61 Å². The Balaban J connectivity index is 1.82. The molecule has 58 valence electrons. The van der Waals surface area contributed by atoms with E-state index in [2.05, 4.69) is 13.8 Å².